The van der Waals surface area contributed by atoms with Crippen molar-refractivity contribution in [3.8, 4) is 0 Å². The molecule has 1 heterocycles. The summed E-state index contributed by atoms with van der Waals surface area (Å²) in [6.07, 6.45) is 7.59. The van der Waals surface area contributed by atoms with E-state index in [0.717, 1.165) is 22.8 Å². The molecule has 0 aliphatic heterocycles. The smallest absolute Gasteiger partial charge is 0.140 e. The summed E-state index contributed by atoms with van der Waals surface area (Å²) in [5.74, 6) is 2.01. The van der Waals surface area contributed by atoms with Crippen LogP contribution in [0.2, 0.25) is 0 Å². The average Bonchev–Trinajstić information content (AvgIpc) is 3.14. The van der Waals surface area contributed by atoms with Crippen LogP contribution in [0, 0.1) is 18.3 Å². The van der Waals surface area contributed by atoms with Crippen molar-refractivity contribution in [3.63, 3.8) is 0 Å². The monoisotopic (exact) mass is 280 g/mol. The molecule has 1 aromatic rings. The Morgan fingerprint density at radius 3 is 2.88 bits per heavy atom. The first kappa shape index (κ1) is 10.6. The summed E-state index contributed by atoms with van der Waals surface area (Å²) in [7, 11) is 0. The van der Waals surface area contributed by atoms with E-state index in [2.05, 4.69) is 33.2 Å². The number of hydrogen-bond acceptors (Lipinski definition) is 2. The van der Waals surface area contributed by atoms with Crippen molar-refractivity contribution in [2.24, 2.45) is 11.3 Å². The minimum absolute atomic E-state index is 0.630. The van der Waals surface area contributed by atoms with Gasteiger partial charge >= 0.3 is 0 Å². The van der Waals surface area contributed by atoms with Crippen molar-refractivity contribution in [2.45, 2.75) is 32.6 Å². The maximum Gasteiger partial charge on any atom is 0.140 e. The lowest BCUT2D eigenvalue weighted by molar-refractivity contribution is 0.466. The Morgan fingerprint density at radius 1 is 1.50 bits per heavy atom. The molecule has 0 radical (unpaired) electrons. The van der Waals surface area contributed by atoms with Gasteiger partial charge in [0, 0.05) is 12.7 Å². The second kappa shape index (κ2) is 3.73. The summed E-state index contributed by atoms with van der Waals surface area (Å²) < 4.78 is 1.11. The van der Waals surface area contributed by atoms with Crippen LogP contribution in [0.5, 0.6) is 0 Å². The van der Waals surface area contributed by atoms with E-state index in [-0.39, 0.29) is 0 Å². The average molecular weight is 281 g/mol. The standard InChI is InChI=1S/C13H17BrN2/c1-9-4-7-15-12(11(9)14)16-8-13(5-6-13)10-2-3-10/h4,7,10H,2-3,5-6,8H2,1H3,(H,15,16). The highest BCUT2D eigenvalue weighted by molar-refractivity contribution is 9.10. The quantitative estimate of drug-likeness (QED) is 0.909. The van der Waals surface area contributed by atoms with Gasteiger partial charge in [-0.15, -0.1) is 0 Å². The summed E-state index contributed by atoms with van der Waals surface area (Å²) in [5, 5.41) is 3.52. The van der Waals surface area contributed by atoms with Crippen LogP contribution in [-0.4, -0.2) is 11.5 Å². The molecule has 0 amide bonds. The fourth-order valence-electron chi connectivity index (χ4n) is 2.51. The van der Waals surface area contributed by atoms with Crippen LogP contribution in [0.1, 0.15) is 31.2 Å². The molecule has 0 unspecified atom stereocenters. The molecule has 2 aliphatic rings. The van der Waals surface area contributed by atoms with Crippen molar-refractivity contribution >= 4 is 21.7 Å². The minimum atomic E-state index is 0.630. The maximum absolute atomic E-state index is 4.39. The van der Waals surface area contributed by atoms with Crippen LogP contribution in [0.4, 0.5) is 5.82 Å². The second-order valence-corrected chi connectivity index (χ2v) is 6.07. The van der Waals surface area contributed by atoms with Gasteiger partial charge < -0.3 is 5.32 Å². The molecule has 16 heavy (non-hydrogen) atoms. The lowest BCUT2D eigenvalue weighted by Gasteiger charge is -2.16. The SMILES string of the molecule is Cc1ccnc(NCC2(C3CC3)CC2)c1Br. The summed E-state index contributed by atoms with van der Waals surface area (Å²) in [6.45, 7) is 3.21. The van der Waals surface area contributed by atoms with E-state index in [1.807, 2.05) is 12.3 Å². The van der Waals surface area contributed by atoms with E-state index in [1.54, 1.807) is 0 Å². The molecule has 0 saturated heterocycles. The minimum Gasteiger partial charge on any atom is -0.369 e. The summed E-state index contributed by atoms with van der Waals surface area (Å²) in [4.78, 5) is 4.39. The predicted octanol–water partition coefficient (Wildman–Crippen LogP) is 3.75. The molecule has 0 atom stereocenters. The van der Waals surface area contributed by atoms with Crippen LogP contribution in [0.3, 0.4) is 0 Å². The van der Waals surface area contributed by atoms with Gasteiger partial charge in [0.1, 0.15) is 5.82 Å². The van der Waals surface area contributed by atoms with Crippen LogP contribution in [-0.2, 0) is 0 Å². The van der Waals surface area contributed by atoms with Crippen molar-refractivity contribution < 1.29 is 0 Å². The van der Waals surface area contributed by atoms with Crippen molar-refractivity contribution in [1.82, 2.24) is 4.98 Å². The third kappa shape index (κ3) is 1.86. The number of anilines is 1. The molecule has 1 aromatic heterocycles. The molecule has 3 rings (SSSR count). The van der Waals surface area contributed by atoms with Gasteiger partial charge in [0.2, 0.25) is 0 Å². The van der Waals surface area contributed by atoms with Gasteiger partial charge in [-0.05, 0) is 71.5 Å². The topological polar surface area (TPSA) is 24.9 Å². The molecule has 0 spiro atoms. The predicted molar refractivity (Wildman–Crippen MR) is 69.6 cm³/mol. The third-order valence-electron chi connectivity index (χ3n) is 4.03. The first-order valence-corrected chi connectivity index (χ1v) is 6.86. The van der Waals surface area contributed by atoms with E-state index >= 15 is 0 Å². The fourth-order valence-corrected chi connectivity index (χ4v) is 2.88. The molecule has 3 heteroatoms. The Labute approximate surface area is 105 Å². The lowest BCUT2D eigenvalue weighted by Crippen LogP contribution is -2.18. The number of rotatable bonds is 4. The molecular formula is C13H17BrN2. The number of hydrogen-bond donors (Lipinski definition) is 1. The van der Waals surface area contributed by atoms with E-state index in [0.29, 0.717) is 5.41 Å². The van der Waals surface area contributed by atoms with E-state index in [1.165, 1.54) is 31.2 Å². The molecule has 0 aromatic carbocycles. The highest BCUT2D eigenvalue weighted by Crippen LogP contribution is 2.61. The van der Waals surface area contributed by atoms with Gasteiger partial charge in [-0.25, -0.2) is 4.98 Å². The lowest BCUT2D eigenvalue weighted by atomic mass is 10.0. The third-order valence-corrected chi connectivity index (χ3v) is 5.03. The van der Waals surface area contributed by atoms with Crippen molar-refractivity contribution in [3.05, 3.63) is 22.3 Å². The van der Waals surface area contributed by atoms with Crippen molar-refractivity contribution in [1.29, 1.82) is 0 Å². The van der Waals surface area contributed by atoms with Gasteiger partial charge in [-0.2, -0.15) is 0 Å². The summed E-state index contributed by atoms with van der Waals surface area (Å²) in [5.41, 5.74) is 1.87. The Balaban J connectivity index is 1.68. The zero-order chi connectivity index (χ0) is 11.2. The Bertz CT molecular complexity index is 408. The first-order chi connectivity index (χ1) is 7.71. The van der Waals surface area contributed by atoms with E-state index < -0.39 is 0 Å². The number of nitrogens with one attached hydrogen (secondary N) is 1. The fraction of sp³-hybridized carbons (Fsp3) is 0.615. The van der Waals surface area contributed by atoms with Gasteiger partial charge in [0.05, 0.1) is 4.47 Å². The highest BCUT2D eigenvalue weighted by Gasteiger charge is 2.53. The zero-order valence-corrected chi connectivity index (χ0v) is 11.2. The number of nitrogens with zero attached hydrogens (tertiary/aromatic N) is 1. The first-order valence-electron chi connectivity index (χ1n) is 6.06. The second-order valence-electron chi connectivity index (χ2n) is 5.28. The van der Waals surface area contributed by atoms with Gasteiger partial charge in [-0.3, -0.25) is 0 Å². The molecule has 2 fully saturated rings. The Morgan fingerprint density at radius 2 is 2.25 bits per heavy atom. The molecule has 2 nitrogen and oxygen atoms in total. The zero-order valence-electron chi connectivity index (χ0n) is 9.59. The van der Waals surface area contributed by atoms with E-state index in [4.69, 9.17) is 0 Å². The molecule has 2 aliphatic carbocycles. The molecule has 86 valence electrons. The van der Waals surface area contributed by atoms with Gasteiger partial charge in [0.25, 0.3) is 0 Å². The van der Waals surface area contributed by atoms with Crippen LogP contribution >= 0.6 is 15.9 Å². The van der Waals surface area contributed by atoms with Crippen LogP contribution in [0.15, 0.2) is 16.7 Å². The maximum atomic E-state index is 4.39. The van der Waals surface area contributed by atoms with Gasteiger partial charge in [-0.1, -0.05) is 0 Å². The van der Waals surface area contributed by atoms with Gasteiger partial charge in [0.15, 0.2) is 0 Å². The van der Waals surface area contributed by atoms with Crippen molar-refractivity contribution in [2.75, 3.05) is 11.9 Å². The summed E-state index contributed by atoms with van der Waals surface area (Å²) >= 11 is 3.60. The molecule has 1 N–H and O–H groups in total. The number of pyridine rings is 1. The normalized spacial score (nSPS) is 21.9. The summed E-state index contributed by atoms with van der Waals surface area (Å²) in [6, 6.07) is 2.03. The van der Waals surface area contributed by atoms with Crippen LogP contribution in [0.25, 0.3) is 0 Å². The largest absolute Gasteiger partial charge is 0.369 e. The number of aryl methyl sites for hydroxylation is 1. The number of aromatic nitrogens is 1. The van der Waals surface area contributed by atoms with E-state index in [9.17, 15) is 0 Å². The molecule has 2 saturated carbocycles. The Kier molecular flexibility index (Phi) is 2.46. The van der Waals surface area contributed by atoms with Crippen LogP contribution < -0.4 is 5.32 Å². The Hall–Kier alpha value is -0.570. The molecule has 0 bridgehead atoms. The molecular weight excluding hydrogens is 264 g/mol. The highest BCUT2D eigenvalue weighted by atomic mass is 79.9. The number of halogens is 1.